The van der Waals surface area contributed by atoms with Gasteiger partial charge in [-0.3, -0.25) is 4.79 Å². The van der Waals surface area contributed by atoms with Crippen molar-refractivity contribution in [1.29, 1.82) is 0 Å². The first-order valence-electron chi connectivity index (χ1n) is 5.19. The predicted octanol–water partition coefficient (Wildman–Crippen LogP) is 1.97. The van der Waals surface area contributed by atoms with E-state index in [0.717, 1.165) is 24.2 Å². The monoisotopic (exact) mass is 279 g/mol. The molecule has 0 unspecified atom stereocenters. The van der Waals surface area contributed by atoms with Crippen LogP contribution in [0.5, 0.6) is 0 Å². The van der Waals surface area contributed by atoms with E-state index in [2.05, 4.69) is 25.9 Å². The van der Waals surface area contributed by atoms with Gasteiger partial charge in [-0.2, -0.15) is 4.98 Å². The summed E-state index contributed by atoms with van der Waals surface area (Å²) < 4.78 is 2.64. The van der Waals surface area contributed by atoms with Crippen LogP contribution in [-0.4, -0.2) is 14.5 Å². The van der Waals surface area contributed by atoms with Gasteiger partial charge in [0, 0.05) is 13.0 Å². The second-order valence-corrected chi connectivity index (χ2v) is 4.95. The van der Waals surface area contributed by atoms with Crippen molar-refractivity contribution in [3.63, 3.8) is 0 Å². The van der Waals surface area contributed by atoms with Crippen LogP contribution in [0, 0.1) is 0 Å². The number of fused-ring (bicyclic) bond motifs is 1. The van der Waals surface area contributed by atoms with Crippen LogP contribution in [0.1, 0.15) is 24.6 Å². The second kappa shape index (κ2) is 3.38. The van der Waals surface area contributed by atoms with E-state index in [4.69, 9.17) is 0 Å². The minimum absolute atomic E-state index is 0.155. The minimum atomic E-state index is -0.155. The number of aryl methyl sites for hydroxylation is 1. The fourth-order valence-corrected chi connectivity index (χ4v) is 2.26. The fourth-order valence-electron chi connectivity index (χ4n) is 1.93. The van der Waals surface area contributed by atoms with Gasteiger partial charge in [0.25, 0.3) is 5.56 Å². The zero-order valence-electron chi connectivity index (χ0n) is 8.77. The van der Waals surface area contributed by atoms with Crippen molar-refractivity contribution in [2.75, 3.05) is 0 Å². The Morgan fingerprint density at radius 2 is 2.25 bits per heavy atom. The standard InChI is InChI=1S/C11H10BrN3O/c1-15-8-5-13-9(12)4-7(8)11(16)14-10(15)6-2-3-6/h4-6H,2-3H2,1H3. The normalized spacial score (nSPS) is 15.6. The number of aromatic nitrogens is 3. The quantitative estimate of drug-likeness (QED) is 0.750. The molecule has 4 nitrogen and oxygen atoms in total. The number of halogens is 1. The fraction of sp³-hybridized carbons (Fsp3) is 0.364. The van der Waals surface area contributed by atoms with Crippen LogP contribution in [0.2, 0.25) is 0 Å². The number of hydrogen-bond acceptors (Lipinski definition) is 3. The molecule has 0 bridgehead atoms. The van der Waals surface area contributed by atoms with Gasteiger partial charge in [-0.1, -0.05) is 0 Å². The lowest BCUT2D eigenvalue weighted by Crippen LogP contribution is -2.16. The summed E-state index contributed by atoms with van der Waals surface area (Å²) in [5.74, 6) is 1.35. The summed E-state index contributed by atoms with van der Waals surface area (Å²) in [6.07, 6.45) is 3.99. The Hall–Kier alpha value is -1.23. The molecule has 2 aromatic heterocycles. The predicted molar refractivity (Wildman–Crippen MR) is 64.5 cm³/mol. The number of rotatable bonds is 1. The smallest absolute Gasteiger partial charge is 0.280 e. The molecule has 82 valence electrons. The highest BCUT2D eigenvalue weighted by Gasteiger charge is 2.28. The molecule has 2 aromatic rings. The molecular formula is C11H10BrN3O. The van der Waals surface area contributed by atoms with Crippen molar-refractivity contribution < 1.29 is 0 Å². The molecular weight excluding hydrogens is 270 g/mol. The molecule has 16 heavy (non-hydrogen) atoms. The third kappa shape index (κ3) is 1.46. The Bertz CT molecular complexity index is 631. The Balaban J connectivity index is 2.39. The summed E-state index contributed by atoms with van der Waals surface area (Å²) in [6.45, 7) is 0. The first-order chi connectivity index (χ1) is 7.66. The molecule has 0 aliphatic heterocycles. The molecule has 0 radical (unpaired) electrons. The van der Waals surface area contributed by atoms with Gasteiger partial charge in [-0.25, -0.2) is 4.98 Å². The molecule has 0 spiro atoms. The van der Waals surface area contributed by atoms with Crippen molar-refractivity contribution >= 4 is 26.8 Å². The van der Waals surface area contributed by atoms with Crippen molar-refractivity contribution in [3.05, 3.63) is 33.0 Å². The van der Waals surface area contributed by atoms with Gasteiger partial charge in [0.2, 0.25) is 0 Å². The maximum absolute atomic E-state index is 11.9. The van der Waals surface area contributed by atoms with Crippen LogP contribution in [0.3, 0.4) is 0 Å². The number of nitrogens with zero attached hydrogens (tertiary/aromatic N) is 3. The molecule has 0 saturated heterocycles. The molecule has 1 aliphatic carbocycles. The molecule has 0 amide bonds. The zero-order chi connectivity index (χ0) is 11.3. The van der Waals surface area contributed by atoms with Crippen LogP contribution in [-0.2, 0) is 7.05 Å². The first kappa shape index (κ1) is 9.96. The number of pyridine rings is 1. The lowest BCUT2D eigenvalue weighted by molar-refractivity contribution is 0.778. The lowest BCUT2D eigenvalue weighted by atomic mass is 10.2. The number of hydrogen-bond donors (Lipinski definition) is 0. The van der Waals surface area contributed by atoms with E-state index in [1.807, 2.05) is 11.6 Å². The second-order valence-electron chi connectivity index (χ2n) is 4.13. The van der Waals surface area contributed by atoms with E-state index in [9.17, 15) is 4.79 Å². The van der Waals surface area contributed by atoms with Gasteiger partial charge >= 0.3 is 0 Å². The Kier molecular flexibility index (Phi) is 2.10. The maximum Gasteiger partial charge on any atom is 0.280 e. The van der Waals surface area contributed by atoms with E-state index in [0.29, 0.717) is 15.9 Å². The van der Waals surface area contributed by atoms with Gasteiger partial charge in [0.1, 0.15) is 10.4 Å². The third-order valence-electron chi connectivity index (χ3n) is 2.94. The van der Waals surface area contributed by atoms with E-state index >= 15 is 0 Å². The molecule has 1 fully saturated rings. The average Bonchev–Trinajstić information content (AvgIpc) is 3.07. The molecule has 1 saturated carbocycles. The Morgan fingerprint density at radius 1 is 1.50 bits per heavy atom. The molecule has 1 aliphatic rings. The first-order valence-corrected chi connectivity index (χ1v) is 5.98. The summed E-state index contributed by atoms with van der Waals surface area (Å²) in [4.78, 5) is 20.2. The third-order valence-corrected chi connectivity index (χ3v) is 3.38. The van der Waals surface area contributed by atoms with Crippen molar-refractivity contribution in [1.82, 2.24) is 14.5 Å². The van der Waals surface area contributed by atoms with Crippen molar-refractivity contribution in [2.45, 2.75) is 18.8 Å². The molecule has 0 atom stereocenters. The summed E-state index contributed by atoms with van der Waals surface area (Å²) in [5, 5.41) is 0.619. The topological polar surface area (TPSA) is 47.8 Å². The largest absolute Gasteiger partial charge is 0.331 e. The Morgan fingerprint density at radius 3 is 2.94 bits per heavy atom. The van der Waals surface area contributed by atoms with Crippen LogP contribution in [0.4, 0.5) is 0 Å². The van der Waals surface area contributed by atoms with Crippen LogP contribution < -0.4 is 5.56 Å². The van der Waals surface area contributed by atoms with Crippen molar-refractivity contribution in [3.8, 4) is 0 Å². The highest BCUT2D eigenvalue weighted by molar-refractivity contribution is 9.10. The SMILES string of the molecule is Cn1c(C2CC2)nc(=O)c2cc(Br)ncc21. The van der Waals surface area contributed by atoms with E-state index in [1.165, 1.54) is 0 Å². The summed E-state index contributed by atoms with van der Waals surface area (Å²) in [6, 6.07) is 1.72. The van der Waals surface area contributed by atoms with Crippen LogP contribution in [0.25, 0.3) is 10.9 Å². The van der Waals surface area contributed by atoms with Gasteiger partial charge in [0.05, 0.1) is 17.1 Å². The van der Waals surface area contributed by atoms with Gasteiger partial charge in [-0.05, 0) is 34.8 Å². The summed E-state index contributed by atoms with van der Waals surface area (Å²) in [5.41, 5.74) is 0.697. The maximum atomic E-state index is 11.9. The average molecular weight is 280 g/mol. The molecule has 2 heterocycles. The minimum Gasteiger partial charge on any atom is -0.331 e. The molecule has 0 aromatic carbocycles. The Labute approximate surface area is 100 Å². The highest BCUT2D eigenvalue weighted by atomic mass is 79.9. The molecule has 3 rings (SSSR count). The van der Waals surface area contributed by atoms with E-state index in [-0.39, 0.29) is 5.56 Å². The van der Waals surface area contributed by atoms with Gasteiger partial charge < -0.3 is 4.57 Å². The van der Waals surface area contributed by atoms with Crippen LogP contribution >= 0.6 is 15.9 Å². The van der Waals surface area contributed by atoms with E-state index in [1.54, 1.807) is 12.3 Å². The zero-order valence-corrected chi connectivity index (χ0v) is 10.4. The van der Waals surface area contributed by atoms with Gasteiger partial charge in [0.15, 0.2) is 0 Å². The van der Waals surface area contributed by atoms with Crippen LogP contribution in [0.15, 0.2) is 21.7 Å². The highest BCUT2D eigenvalue weighted by Crippen LogP contribution is 2.38. The summed E-state index contributed by atoms with van der Waals surface area (Å²) >= 11 is 3.26. The van der Waals surface area contributed by atoms with E-state index < -0.39 is 0 Å². The molecule has 0 N–H and O–H groups in total. The van der Waals surface area contributed by atoms with Crippen molar-refractivity contribution in [2.24, 2.45) is 7.05 Å². The molecule has 5 heteroatoms. The summed E-state index contributed by atoms with van der Waals surface area (Å²) in [7, 11) is 1.94. The lowest BCUT2D eigenvalue weighted by Gasteiger charge is -2.09. The van der Waals surface area contributed by atoms with Gasteiger partial charge in [-0.15, -0.1) is 0 Å².